The molecular formula is C37H38ClF2N7. The normalized spacial score (nSPS) is 15.5. The molecule has 0 aliphatic carbocycles. The molecule has 242 valence electrons. The first-order chi connectivity index (χ1) is 22.5. The number of imidazole rings is 1. The van der Waals surface area contributed by atoms with Gasteiger partial charge in [0.1, 0.15) is 11.5 Å². The minimum Gasteiger partial charge on any atom is -0.405 e. The minimum atomic E-state index is -3.04. The summed E-state index contributed by atoms with van der Waals surface area (Å²) < 4.78 is 30.1. The van der Waals surface area contributed by atoms with E-state index in [-0.39, 0.29) is 5.69 Å². The zero-order chi connectivity index (χ0) is 33.3. The van der Waals surface area contributed by atoms with Gasteiger partial charge >= 0.3 is 0 Å². The van der Waals surface area contributed by atoms with Crippen molar-refractivity contribution in [2.45, 2.75) is 45.0 Å². The lowest BCUT2D eigenvalue weighted by Gasteiger charge is -2.41. The molecule has 1 unspecified atom stereocenters. The van der Waals surface area contributed by atoms with E-state index in [4.69, 9.17) is 22.3 Å². The van der Waals surface area contributed by atoms with Gasteiger partial charge < -0.3 is 15.2 Å². The number of aromatic nitrogens is 4. The van der Waals surface area contributed by atoms with Crippen LogP contribution in [0.3, 0.4) is 0 Å². The highest BCUT2D eigenvalue weighted by atomic mass is 35.5. The molecule has 3 aromatic heterocycles. The van der Waals surface area contributed by atoms with Crippen LogP contribution in [0, 0.1) is 5.92 Å². The van der Waals surface area contributed by atoms with Crippen LogP contribution >= 0.6 is 11.6 Å². The molecule has 2 N–H and O–H groups in total. The summed E-state index contributed by atoms with van der Waals surface area (Å²) >= 11 is 7.38. The fraction of sp³-hybridized carbons (Fsp3) is 0.297. The second-order valence-corrected chi connectivity index (χ2v) is 12.9. The molecule has 6 rings (SSSR count). The molecule has 0 bridgehead atoms. The Morgan fingerprint density at radius 3 is 2.40 bits per heavy atom. The van der Waals surface area contributed by atoms with Crippen molar-refractivity contribution in [1.29, 1.82) is 0 Å². The number of pyridine rings is 2. The Morgan fingerprint density at radius 1 is 1.04 bits per heavy atom. The van der Waals surface area contributed by atoms with E-state index in [0.717, 1.165) is 76.8 Å². The molecule has 0 amide bonds. The van der Waals surface area contributed by atoms with E-state index in [1.807, 2.05) is 35.9 Å². The van der Waals surface area contributed by atoms with Gasteiger partial charge in [-0.3, -0.25) is 9.98 Å². The van der Waals surface area contributed by atoms with E-state index < -0.39 is 11.3 Å². The van der Waals surface area contributed by atoms with Gasteiger partial charge in [0.2, 0.25) is 0 Å². The van der Waals surface area contributed by atoms with Crippen LogP contribution in [0.25, 0.3) is 10.9 Å². The predicted molar refractivity (Wildman–Crippen MR) is 186 cm³/mol. The highest BCUT2D eigenvalue weighted by molar-refractivity contribution is 6.36. The lowest BCUT2D eigenvalue weighted by Crippen LogP contribution is -2.47. The monoisotopic (exact) mass is 653 g/mol. The standard InChI is InChI=1S/C37H38ClF2N7/c1-5-24-21-47(22-24)35-30(17-25-7-11-28(12-8-25)43-16-6-15-41)34(38)29-18-26(9-13-31(29)45-35)36(2,33-20-42-23-46(33)4)27-10-14-32(44-19-27)37(3,39)40/h6-16,18-20,23-24H,5,17,21-22,41H2,1-4H3. The van der Waals surface area contributed by atoms with Crippen molar-refractivity contribution in [2.75, 3.05) is 18.0 Å². The predicted octanol–water partition coefficient (Wildman–Crippen LogP) is 8.09. The molecule has 5 aromatic rings. The maximum atomic E-state index is 14.1. The number of alkyl halides is 2. The summed E-state index contributed by atoms with van der Waals surface area (Å²) in [6, 6.07) is 17.3. The van der Waals surface area contributed by atoms with Crippen molar-refractivity contribution >= 4 is 40.2 Å². The molecule has 1 atom stereocenters. The first kappa shape index (κ1) is 32.3. The van der Waals surface area contributed by atoms with Gasteiger partial charge in [0.15, 0.2) is 0 Å². The van der Waals surface area contributed by atoms with Crippen LogP contribution in [0.5, 0.6) is 0 Å². The van der Waals surface area contributed by atoms with Crippen molar-refractivity contribution < 1.29 is 8.78 Å². The number of fused-ring (bicyclic) bond motifs is 1. The maximum Gasteiger partial charge on any atom is 0.286 e. The molecule has 7 nitrogen and oxygen atoms in total. The number of nitrogens with zero attached hydrogens (tertiary/aromatic N) is 6. The number of anilines is 1. The van der Waals surface area contributed by atoms with Gasteiger partial charge in [-0.1, -0.05) is 42.8 Å². The van der Waals surface area contributed by atoms with E-state index >= 15 is 0 Å². The van der Waals surface area contributed by atoms with Crippen molar-refractivity contribution in [3.63, 3.8) is 0 Å². The second kappa shape index (κ2) is 12.9. The maximum absolute atomic E-state index is 14.1. The Bertz CT molecular complexity index is 1940. The topological polar surface area (TPSA) is 85.2 Å². The molecular weight excluding hydrogens is 616 g/mol. The van der Waals surface area contributed by atoms with Gasteiger partial charge in [-0.05, 0) is 78.6 Å². The number of hydrogen-bond donors (Lipinski definition) is 1. The molecule has 1 fully saturated rings. The molecule has 1 saturated heterocycles. The third-order valence-corrected chi connectivity index (χ3v) is 9.69. The zero-order valence-electron chi connectivity index (χ0n) is 27.0. The largest absolute Gasteiger partial charge is 0.405 e. The molecule has 1 aliphatic heterocycles. The number of aliphatic imine (C=N–C) groups is 1. The fourth-order valence-corrected chi connectivity index (χ4v) is 6.62. The zero-order valence-corrected chi connectivity index (χ0v) is 27.7. The Hall–Kier alpha value is -4.63. The molecule has 0 saturated carbocycles. The third-order valence-electron chi connectivity index (χ3n) is 9.26. The first-order valence-electron chi connectivity index (χ1n) is 15.7. The van der Waals surface area contributed by atoms with Crippen LogP contribution < -0.4 is 10.6 Å². The second-order valence-electron chi connectivity index (χ2n) is 12.5. The number of hydrogen-bond acceptors (Lipinski definition) is 6. The van der Waals surface area contributed by atoms with Crippen LogP contribution in [0.4, 0.5) is 20.3 Å². The van der Waals surface area contributed by atoms with Crippen molar-refractivity contribution in [2.24, 2.45) is 23.7 Å². The van der Waals surface area contributed by atoms with Crippen molar-refractivity contribution in [1.82, 2.24) is 19.5 Å². The Balaban J connectivity index is 1.47. The molecule has 1 aliphatic rings. The van der Waals surface area contributed by atoms with Gasteiger partial charge in [0.05, 0.1) is 33.7 Å². The number of halogens is 3. The summed E-state index contributed by atoms with van der Waals surface area (Å²) in [7, 11) is 1.92. The number of rotatable bonds is 10. The summed E-state index contributed by atoms with van der Waals surface area (Å²) in [6.07, 6.45) is 11.6. The van der Waals surface area contributed by atoms with Crippen molar-refractivity contribution in [3.05, 3.63) is 124 Å². The average molecular weight is 654 g/mol. The molecule has 10 heteroatoms. The molecule has 0 radical (unpaired) electrons. The van der Waals surface area contributed by atoms with E-state index in [1.165, 1.54) is 18.5 Å². The van der Waals surface area contributed by atoms with Crippen LogP contribution in [0.2, 0.25) is 5.02 Å². The summed E-state index contributed by atoms with van der Waals surface area (Å²) in [4.78, 5) is 20.5. The van der Waals surface area contributed by atoms with E-state index in [1.54, 1.807) is 30.9 Å². The van der Waals surface area contributed by atoms with Crippen LogP contribution in [-0.2, 0) is 24.8 Å². The van der Waals surface area contributed by atoms with Gasteiger partial charge in [0.25, 0.3) is 5.92 Å². The number of aryl methyl sites for hydroxylation is 1. The minimum absolute atomic E-state index is 0.278. The SMILES string of the molecule is CCC1CN(c2nc3ccc(C(C)(c4ccc(C(C)(F)F)nc4)c4cncn4C)cc3c(Cl)c2Cc2ccc(N=CC=CN)cc2)C1. The fourth-order valence-electron chi connectivity index (χ4n) is 6.32. The van der Waals surface area contributed by atoms with Crippen LogP contribution in [0.15, 0.2) is 90.6 Å². The highest BCUT2D eigenvalue weighted by Crippen LogP contribution is 2.43. The quantitative estimate of drug-likeness (QED) is 0.154. The first-order valence-corrected chi connectivity index (χ1v) is 16.1. The van der Waals surface area contributed by atoms with Crippen LogP contribution in [-0.4, -0.2) is 38.8 Å². The Morgan fingerprint density at radius 2 is 1.79 bits per heavy atom. The van der Waals surface area contributed by atoms with Crippen LogP contribution in [0.1, 0.15) is 60.8 Å². The number of nitrogens with two attached hydrogens (primary N) is 1. The summed E-state index contributed by atoms with van der Waals surface area (Å²) in [6.45, 7) is 7.01. The summed E-state index contributed by atoms with van der Waals surface area (Å²) in [5, 5.41) is 1.47. The lowest BCUT2D eigenvalue weighted by molar-refractivity contribution is 0.0127. The Labute approximate surface area is 278 Å². The molecule has 47 heavy (non-hydrogen) atoms. The summed E-state index contributed by atoms with van der Waals surface area (Å²) in [5.41, 5.74) is 10.6. The van der Waals surface area contributed by atoms with Gasteiger partial charge in [0, 0.05) is 63.0 Å². The molecule has 4 heterocycles. The van der Waals surface area contributed by atoms with Gasteiger partial charge in [-0.25, -0.2) is 9.97 Å². The molecule has 0 spiro atoms. The number of allylic oxidation sites excluding steroid dienone is 1. The third kappa shape index (κ3) is 6.24. The van der Waals surface area contributed by atoms with E-state index in [0.29, 0.717) is 17.4 Å². The lowest BCUT2D eigenvalue weighted by atomic mass is 9.74. The summed E-state index contributed by atoms with van der Waals surface area (Å²) in [5.74, 6) is -1.50. The van der Waals surface area contributed by atoms with Crippen molar-refractivity contribution in [3.8, 4) is 0 Å². The highest BCUT2D eigenvalue weighted by Gasteiger charge is 2.36. The smallest absolute Gasteiger partial charge is 0.286 e. The van der Waals surface area contributed by atoms with Gasteiger partial charge in [-0.2, -0.15) is 8.78 Å². The average Bonchev–Trinajstić information content (AvgIpc) is 3.48. The van der Waals surface area contributed by atoms with E-state index in [9.17, 15) is 8.78 Å². The van der Waals surface area contributed by atoms with Gasteiger partial charge in [-0.15, -0.1) is 0 Å². The number of benzene rings is 2. The Kier molecular flexibility index (Phi) is 8.85. The van der Waals surface area contributed by atoms with E-state index in [2.05, 4.69) is 51.9 Å². The molecule has 2 aromatic carbocycles.